The number of primary sulfonamides is 1. The molecule has 1 saturated carbocycles. The Morgan fingerprint density at radius 1 is 0.868 bits per heavy atom. The van der Waals surface area contributed by atoms with Gasteiger partial charge in [-0.05, 0) is 42.2 Å². The standard InChI is InChI=1S/C28H29N5O4S/c29-38(36,37)25-11-4-1-6-20(25)19-14-12-18(13-15-19)16-30-27(34)21-7-5-8-22(21)28(35)31-17-26-32-23-9-2-3-10-24(23)33-26/h1-4,6,9-15,21-22H,5,7-8,16-17H2,(H,30,34)(H,31,35)(H,32,33)(H2,29,36,37). The van der Waals surface area contributed by atoms with E-state index in [-0.39, 0.29) is 35.1 Å². The van der Waals surface area contributed by atoms with Crippen molar-refractivity contribution in [3.8, 4) is 11.1 Å². The van der Waals surface area contributed by atoms with Gasteiger partial charge in [0.05, 0.1) is 22.5 Å². The maximum absolute atomic E-state index is 13.0. The van der Waals surface area contributed by atoms with Crippen LogP contribution < -0.4 is 15.8 Å². The molecule has 2 unspecified atom stereocenters. The molecule has 1 fully saturated rings. The number of nitrogens with one attached hydrogen (secondary N) is 3. The molecule has 1 aliphatic carbocycles. The first-order chi connectivity index (χ1) is 18.3. The smallest absolute Gasteiger partial charge is 0.238 e. The number of carbonyl (C=O) groups excluding carboxylic acids is 2. The van der Waals surface area contributed by atoms with Crippen LogP contribution >= 0.6 is 0 Å². The van der Waals surface area contributed by atoms with E-state index in [1.54, 1.807) is 30.3 Å². The molecule has 0 aliphatic heterocycles. The van der Waals surface area contributed by atoms with Gasteiger partial charge in [-0.15, -0.1) is 0 Å². The second-order valence-electron chi connectivity index (χ2n) is 9.52. The van der Waals surface area contributed by atoms with Crippen molar-refractivity contribution in [2.24, 2.45) is 17.0 Å². The number of nitrogens with two attached hydrogens (primary N) is 1. The minimum Gasteiger partial charge on any atom is -0.352 e. The lowest BCUT2D eigenvalue weighted by molar-refractivity contribution is -0.133. The summed E-state index contributed by atoms with van der Waals surface area (Å²) in [6.07, 6.45) is 2.15. The summed E-state index contributed by atoms with van der Waals surface area (Å²) in [5.41, 5.74) is 3.85. The number of amides is 2. The molecule has 10 heteroatoms. The zero-order valence-electron chi connectivity index (χ0n) is 20.7. The van der Waals surface area contributed by atoms with Crippen molar-refractivity contribution >= 4 is 32.9 Å². The lowest BCUT2D eigenvalue weighted by Crippen LogP contribution is -2.39. The molecule has 5 rings (SSSR count). The van der Waals surface area contributed by atoms with E-state index in [0.717, 1.165) is 23.0 Å². The molecule has 0 saturated heterocycles. The van der Waals surface area contributed by atoms with Gasteiger partial charge in [0, 0.05) is 23.9 Å². The number of sulfonamides is 1. The number of imidazole rings is 1. The molecule has 1 aromatic heterocycles. The second kappa shape index (κ2) is 10.8. The summed E-state index contributed by atoms with van der Waals surface area (Å²) in [7, 11) is -3.86. The SMILES string of the molecule is NS(=O)(=O)c1ccccc1-c1ccc(CNC(=O)C2CCCC2C(=O)NCc2nc3ccccc3[nH]2)cc1. The molecule has 0 radical (unpaired) electrons. The van der Waals surface area contributed by atoms with Crippen LogP contribution in [0.1, 0.15) is 30.7 Å². The number of para-hydroxylation sites is 2. The summed E-state index contributed by atoms with van der Waals surface area (Å²) in [5, 5.41) is 11.2. The summed E-state index contributed by atoms with van der Waals surface area (Å²) >= 11 is 0. The molecule has 38 heavy (non-hydrogen) atoms. The molecule has 0 bridgehead atoms. The van der Waals surface area contributed by atoms with Gasteiger partial charge in [0.2, 0.25) is 21.8 Å². The number of aromatic amines is 1. The van der Waals surface area contributed by atoms with Crippen LogP contribution in [-0.2, 0) is 32.7 Å². The fourth-order valence-electron chi connectivity index (χ4n) is 5.05. The van der Waals surface area contributed by atoms with Crippen LogP contribution in [-0.4, -0.2) is 30.2 Å². The molecule has 0 spiro atoms. The highest BCUT2D eigenvalue weighted by Crippen LogP contribution is 2.32. The molecular weight excluding hydrogens is 502 g/mol. The predicted octanol–water partition coefficient (Wildman–Crippen LogP) is 3.23. The van der Waals surface area contributed by atoms with Crippen molar-refractivity contribution < 1.29 is 18.0 Å². The quantitative estimate of drug-likeness (QED) is 0.276. The summed E-state index contributed by atoms with van der Waals surface area (Å²) in [5.74, 6) is -0.368. The number of hydrogen-bond acceptors (Lipinski definition) is 5. The average molecular weight is 532 g/mol. The van der Waals surface area contributed by atoms with E-state index in [2.05, 4.69) is 20.6 Å². The van der Waals surface area contributed by atoms with Crippen molar-refractivity contribution in [3.63, 3.8) is 0 Å². The van der Waals surface area contributed by atoms with Crippen LogP contribution in [0.5, 0.6) is 0 Å². The van der Waals surface area contributed by atoms with Gasteiger partial charge in [-0.25, -0.2) is 18.5 Å². The Balaban J connectivity index is 1.17. The summed E-state index contributed by atoms with van der Waals surface area (Å²) in [4.78, 5) is 33.6. The fourth-order valence-corrected chi connectivity index (χ4v) is 5.82. The van der Waals surface area contributed by atoms with E-state index in [4.69, 9.17) is 5.14 Å². The monoisotopic (exact) mass is 531 g/mol. The molecule has 196 valence electrons. The maximum Gasteiger partial charge on any atom is 0.238 e. The van der Waals surface area contributed by atoms with E-state index in [1.165, 1.54) is 6.07 Å². The highest BCUT2D eigenvalue weighted by atomic mass is 32.2. The lowest BCUT2D eigenvalue weighted by atomic mass is 9.94. The van der Waals surface area contributed by atoms with E-state index >= 15 is 0 Å². The number of rotatable bonds is 8. The number of carbonyl (C=O) groups is 2. The Kier molecular flexibility index (Phi) is 7.26. The first-order valence-electron chi connectivity index (χ1n) is 12.5. The van der Waals surface area contributed by atoms with Crippen LogP contribution in [0.2, 0.25) is 0 Å². The summed E-state index contributed by atoms with van der Waals surface area (Å²) in [6.45, 7) is 0.582. The Bertz CT molecular complexity index is 1550. The van der Waals surface area contributed by atoms with Gasteiger partial charge in [0.25, 0.3) is 0 Å². The minimum atomic E-state index is -3.86. The largest absolute Gasteiger partial charge is 0.352 e. The van der Waals surface area contributed by atoms with Crippen molar-refractivity contribution in [1.82, 2.24) is 20.6 Å². The Hall–Kier alpha value is -4.02. The number of nitrogens with zero attached hydrogens (tertiary/aromatic N) is 1. The molecular formula is C28H29N5O4S. The van der Waals surface area contributed by atoms with Crippen molar-refractivity contribution in [2.75, 3.05) is 0 Å². The van der Waals surface area contributed by atoms with E-state index in [9.17, 15) is 18.0 Å². The van der Waals surface area contributed by atoms with Crippen LogP contribution in [0.15, 0.2) is 77.7 Å². The predicted molar refractivity (Wildman–Crippen MR) is 144 cm³/mol. The number of hydrogen-bond donors (Lipinski definition) is 4. The van der Waals surface area contributed by atoms with Crippen LogP contribution in [0.3, 0.4) is 0 Å². The molecule has 9 nitrogen and oxygen atoms in total. The number of benzene rings is 3. The van der Waals surface area contributed by atoms with Gasteiger partial charge in [-0.3, -0.25) is 9.59 Å². The first-order valence-corrected chi connectivity index (χ1v) is 14.0. The minimum absolute atomic E-state index is 0.0620. The molecule has 4 aromatic rings. The average Bonchev–Trinajstić information content (AvgIpc) is 3.57. The maximum atomic E-state index is 13.0. The molecule has 2 amide bonds. The molecule has 1 aliphatic rings. The van der Waals surface area contributed by atoms with Crippen LogP contribution in [0.25, 0.3) is 22.2 Å². The molecule has 3 aromatic carbocycles. The third-order valence-corrected chi connectivity index (χ3v) is 7.95. The summed E-state index contributed by atoms with van der Waals surface area (Å²) < 4.78 is 23.8. The molecule has 5 N–H and O–H groups in total. The van der Waals surface area contributed by atoms with Gasteiger partial charge in [0.1, 0.15) is 5.82 Å². The van der Waals surface area contributed by atoms with E-state index in [0.29, 0.717) is 36.3 Å². The van der Waals surface area contributed by atoms with Crippen molar-refractivity contribution in [3.05, 3.63) is 84.2 Å². The molecule has 2 atom stereocenters. The number of H-pyrrole nitrogens is 1. The van der Waals surface area contributed by atoms with E-state index in [1.807, 2.05) is 36.4 Å². The Morgan fingerprint density at radius 3 is 2.18 bits per heavy atom. The van der Waals surface area contributed by atoms with Crippen molar-refractivity contribution in [2.45, 2.75) is 37.2 Å². The highest BCUT2D eigenvalue weighted by molar-refractivity contribution is 7.89. The fraction of sp³-hybridized carbons (Fsp3) is 0.250. The van der Waals surface area contributed by atoms with Gasteiger partial charge in [0.15, 0.2) is 0 Å². The van der Waals surface area contributed by atoms with Gasteiger partial charge >= 0.3 is 0 Å². The normalized spacial score (nSPS) is 17.4. The van der Waals surface area contributed by atoms with Gasteiger partial charge in [-0.1, -0.05) is 61.0 Å². The Labute approximate surface area is 220 Å². The van der Waals surface area contributed by atoms with Gasteiger partial charge < -0.3 is 15.6 Å². The zero-order valence-corrected chi connectivity index (χ0v) is 21.5. The number of fused-ring (bicyclic) bond motifs is 1. The Morgan fingerprint density at radius 2 is 1.50 bits per heavy atom. The van der Waals surface area contributed by atoms with Crippen molar-refractivity contribution in [1.29, 1.82) is 0 Å². The first kappa shape index (κ1) is 25.6. The van der Waals surface area contributed by atoms with Crippen LogP contribution in [0, 0.1) is 11.8 Å². The summed E-state index contributed by atoms with van der Waals surface area (Å²) in [6, 6.07) is 21.5. The topological polar surface area (TPSA) is 147 Å². The van der Waals surface area contributed by atoms with Crippen LogP contribution in [0.4, 0.5) is 0 Å². The zero-order chi connectivity index (χ0) is 26.7. The van der Waals surface area contributed by atoms with E-state index < -0.39 is 10.0 Å². The second-order valence-corrected chi connectivity index (χ2v) is 11.0. The molecule has 1 heterocycles. The number of aromatic nitrogens is 2. The van der Waals surface area contributed by atoms with Gasteiger partial charge in [-0.2, -0.15) is 0 Å². The lowest BCUT2D eigenvalue weighted by Gasteiger charge is -2.18. The highest BCUT2D eigenvalue weighted by Gasteiger charge is 2.37. The third kappa shape index (κ3) is 5.61. The third-order valence-electron chi connectivity index (χ3n) is 6.98.